The highest BCUT2D eigenvalue weighted by atomic mass is 127. The number of benzene rings is 1. The Morgan fingerprint density at radius 2 is 2.06 bits per heavy atom. The average Bonchev–Trinajstić information content (AvgIpc) is 2.39. The van der Waals surface area contributed by atoms with Crippen LogP contribution in [0.2, 0.25) is 5.02 Å². The van der Waals surface area contributed by atoms with E-state index in [9.17, 15) is 0 Å². The van der Waals surface area contributed by atoms with Crippen molar-refractivity contribution in [2.75, 3.05) is 12.4 Å². The maximum absolute atomic E-state index is 6.14. The smallest absolute Gasteiger partial charge is 0.222 e. The Morgan fingerprint density at radius 1 is 1.33 bits per heavy atom. The summed E-state index contributed by atoms with van der Waals surface area (Å²) in [5.41, 5.74) is 0.892. The summed E-state index contributed by atoms with van der Waals surface area (Å²) in [6.45, 7) is 0.517. The van der Waals surface area contributed by atoms with Gasteiger partial charge >= 0.3 is 0 Å². The first-order valence-electron chi connectivity index (χ1n) is 5.23. The van der Waals surface area contributed by atoms with Gasteiger partial charge in [0.05, 0.1) is 7.11 Å². The molecule has 94 valence electrons. The normalized spacial score (nSPS) is 10.2. The quantitative estimate of drug-likeness (QED) is 0.833. The number of anilines is 1. The van der Waals surface area contributed by atoms with E-state index in [-0.39, 0.29) is 0 Å². The van der Waals surface area contributed by atoms with E-state index in [1.807, 2.05) is 18.2 Å². The molecule has 0 radical (unpaired) electrons. The molecular weight excluding hydrogens is 365 g/mol. The molecule has 0 saturated carbocycles. The average molecular weight is 376 g/mol. The van der Waals surface area contributed by atoms with Crippen LogP contribution in [-0.4, -0.2) is 17.1 Å². The van der Waals surface area contributed by atoms with E-state index in [1.54, 1.807) is 19.5 Å². The highest BCUT2D eigenvalue weighted by molar-refractivity contribution is 14.1. The molecule has 4 nitrogen and oxygen atoms in total. The van der Waals surface area contributed by atoms with Crippen LogP contribution in [0.15, 0.2) is 30.6 Å². The van der Waals surface area contributed by atoms with Gasteiger partial charge in [-0.1, -0.05) is 17.7 Å². The number of rotatable bonds is 4. The zero-order valence-corrected chi connectivity index (χ0v) is 12.6. The van der Waals surface area contributed by atoms with Gasteiger partial charge in [0.1, 0.15) is 5.75 Å². The molecule has 1 aromatic heterocycles. The Kier molecular flexibility index (Phi) is 4.60. The number of halogens is 2. The van der Waals surface area contributed by atoms with Crippen molar-refractivity contribution in [2.45, 2.75) is 6.54 Å². The fourth-order valence-corrected chi connectivity index (χ4v) is 1.98. The third-order valence-electron chi connectivity index (χ3n) is 2.34. The first kappa shape index (κ1) is 13.4. The molecule has 2 aromatic rings. The highest BCUT2D eigenvalue weighted by Gasteiger charge is 2.07. The number of nitrogens with zero attached hydrogens (tertiary/aromatic N) is 2. The van der Waals surface area contributed by atoms with Gasteiger partial charge in [0, 0.05) is 33.1 Å². The number of nitrogens with one attached hydrogen (secondary N) is 1. The maximum atomic E-state index is 6.14. The summed E-state index contributed by atoms with van der Waals surface area (Å²) in [4.78, 5) is 8.33. The van der Waals surface area contributed by atoms with Crippen LogP contribution in [0.4, 0.5) is 5.95 Å². The monoisotopic (exact) mass is 375 g/mol. The van der Waals surface area contributed by atoms with E-state index in [0.717, 1.165) is 14.9 Å². The van der Waals surface area contributed by atoms with Crippen LogP contribution in [0.1, 0.15) is 5.56 Å². The maximum Gasteiger partial charge on any atom is 0.222 e. The predicted molar refractivity (Wildman–Crippen MR) is 80.1 cm³/mol. The molecule has 2 rings (SSSR count). The molecule has 0 spiro atoms. The van der Waals surface area contributed by atoms with Gasteiger partial charge < -0.3 is 10.1 Å². The largest absolute Gasteiger partial charge is 0.496 e. The molecule has 1 N–H and O–H groups in total. The molecule has 0 aliphatic carbocycles. The van der Waals surface area contributed by atoms with Crippen molar-refractivity contribution in [3.8, 4) is 5.75 Å². The highest BCUT2D eigenvalue weighted by Crippen LogP contribution is 2.26. The zero-order chi connectivity index (χ0) is 13.0. The molecule has 0 fully saturated rings. The Hall–Kier alpha value is -1.08. The van der Waals surface area contributed by atoms with Crippen LogP contribution in [0.5, 0.6) is 5.75 Å². The number of ether oxygens (including phenoxy) is 1. The van der Waals surface area contributed by atoms with Gasteiger partial charge in [-0.2, -0.15) is 0 Å². The van der Waals surface area contributed by atoms with Crippen molar-refractivity contribution >= 4 is 40.1 Å². The van der Waals surface area contributed by atoms with E-state index in [1.165, 1.54) is 0 Å². The molecule has 0 bridgehead atoms. The first-order valence-corrected chi connectivity index (χ1v) is 6.69. The lowest BCUT2D eigenvalue weighted by Crippen LogP contribution is -2.05. The molecule has 0 saturated heterocycles. The summed E-state index contributed by atoms with van der Waals surface area (Å²) >= 11 is 8.30. The second-order valence-electron chi connectivity index (χ2n) is 3.50. The minimum Gasteiger partial charge on any atom is -0.496 e. The zero-order valence-electron chi connectivity index (χ0n) is 9.65. The predicted octanol–water partition coefficient (Wildman–Crippen LogP) is 3.36. The molecule has 6 heteroatoms. The van der Waals surface area contributed by atoms with Crippen molar-refractivity contribution in [2.24, 2.45) is 0 Å². The third kappa shape index (κ3) is 3.23. The molecule has 1 aromatic carbocycles. The van der Waals surface area contributed by atoms with E-state index >= 15 is 0 Å². The summed E-state index contributed by atoms with van der Waals surface area (Å²) in [5, 5.41) is 3.77. The molecule has 0 unspecified atom stereocenters. The van der Waals surface area contributed by atoms with Crippen molar-refractivity contribution in [1.29, 1.82) is 0 Å². The van der Waals surface area contributed by atoms with Crippen molar-refractivity contribution < 1.29 is 4.74 Å². The third-order valence-corrected chi connectivity index (χ3v) is 3.25. The summed E-state index contributed by atoms with van der Waals surface area (Å²) in [6, 6.07) is 5.56. The Bertz CT molecular complexity index is 533. The summed E-state index contributed by atoms with van der Waals surface area (Å²) in [5.74, 6) is 1.32. The first-order chi connectivity index (χ1) is 8.70. The molecule has 0 aliphatic heterocycles. The number of hydrogen-bond donors (Lipinski definition) is 1. The standard InChI is InChI=1S/C12H11ClIN3O/c1-18-11-4-2-3-10(13)9(11)7-17-12-15-5-8(14)6-16-12/h2-6H,7H2,1H3,(H,15,16,17). The van der Waals surface area contributed by atoms with Crippen LogP contribution in [0.3, 0.4) is 0 Å². The Labute approximate surface area is 124 Å². The molecular formula is C12H11ClIN3O. The van der Waals surface area contributed by atoms with Crippen LogP contribution in [0, 0.1) is 3.57 Å². The lowest BCUT2D eigenvalue weighted by atomic mass is 10.2. The van der Waals surface area contributed by atoms with Crippen LogP contribution in [0.25, 0.3) is 0 Å². The van der Waals surface area contributed by atoms with Gasteiger partial charge in [0.25, 0.3) is 0 Å². The van der Waals surface area contributed by atoms with Crippen LogP contribution >= 0.6 is 34.2 Å². The SMILES string of the molecule is COc1cccc(Cl)c1CNc1ncc(I)cn1. The fraction of sp³-hybridized carbons (Fsp3) is 0.167. The van der Waals surface area contributed by atoms with Gasteiger partial charge in [-0.05, 0) is 34.7 Å². The van der Waals surface area contributed by atoms with Gasteiger partial charge in [0.2, 0.25) is 5.95 Å². The summed E-state index contributed by atoms with van der Waals surface area (Å²) in [7, 11) is 1.62. The minimum absolute atomic E-state index is 0.517. The van der Waals surface area contributed by atoms with E-state index in [4.69, 9.17) is 16.3 Å². The van der Waals surface area contributed by atoms with E-state index in [0.29, 0.717) is 17.5 Å². The number of hydrogen-bond acceptors (Lipinski definition) is 4. The molecule has 0 amide bonds. The van der Waals surface area contributed by atoms with Gasteiger partial charge in [-0.3, -0.25) is 0 Å². The van der Waals surface area contributed by atoms with E-state index in [2.05, 4.69) is 37.9 Å². The van der Waals surface area contributed by atoms with Gasteiger partial charge in [-0.15, -0.1) is 0 Å². The van der Waals surface area contributed by atoms with Crippen molar-refractivity contribution in [3.63, 3.8) is 0 Å². The second kappa shape index (κ2) is 6.19. The topological polar surface area (TPSA) is 47.0 Å². The second-order valence-corrected chi connectivity index (χ2v) is 5.15. The lowest BCUT2D eigenvalue weighted by Gasteiger charge is -2.11. The number of aromatic nitrogens is 2. The lowest BCUT2D eigenvalue weighted by molar-refractivity contribution is 0.410. The molecule has 18 heavy (non-hydrogen) atoms. The molecule has 0 aliphatic rings. The minimum atomic E-state index is 0.517. The van der Waals surface area contributed by atoms with Crippen LogP contribution < -0.4 is 10.1 Å². The van der Waals surface area contributed by atoms with Crippen molar-refractivity contribution in [1.82, 2.24) is 9.97 Å². The Morgan fingerprint density at radius 3 is 2.72 bits per heavy atom. The molecule has 1 heterocycles. The van der Waals surface area contributed by atoms with Gasteiger partial charge in [-0.25, -0.2) is 9.97 Å². The summed E-state index contributed by atoms with van der Waals surface area (Å²) < 4.78 is 6.26. The van der Waals surface area contributed by atoms with Crippen LogP contribution in [-0.2, 0) is 6.54 Å². The van der Waals surface area contributed by atoms with E-state index < -0.39 is 0 Å². The summed E-state index contributed by atoms with van der Waals surface area (Å²) in [6.07, 6.45) is 3.50. The Balaban J connectivity index is 2.12. The number of methoxy groups -OCH3 is 1. The molecule has 0 atom stereocenters. The fourth-order valence-electron chi connectivity index (χ4n) is 1.47. The van der Waals surface area contributed by atoms with Crippen molar-refractivity contribution in [3.05, 3.63) is 44.7 Å². The van der Waals surface area contributed by atoms with Gasteiger partial charge in [0.15, 0.2) is 0 Å².